The SMILES string of the molecule is C=CC(=O)Nc1cccc(N/C(N=C)=C(/C=NCNC2=C(OC)NCCN(S(=O)(=O)N(C)C)CCN=CC=C2)C(F)(F)F)c1. The lowest BCUT2D eigenvalue weighted by atomic mass is 10.2. The van der Waals surface area contributed by atoms with E-state index in [1.54, 1.807) is 18.2 Å². The molecular weight excluding hydrogens is 603 g/mol. The van der Waals surface area contributed by atoms with E-state index in [1.165, 1.54) is 49.9 Å². The molecule has 4 N–H and O–H groups in total. The highest BCUT2D eigenvalue weighted by Crippen LogP contribution is 2.28. The van der Waals surface area contributed by atoms with Gasteiger partial charge < -0.3 is 26.0 Å². The number of anilines is 2. The van der Waals surface area contributed by atoms with Crippen molar-refractivity contribution in [2.75, 3.05) is 64.7 Å². The zero-order valence-corrected chi connectivity index (χ0v) is 25.4. The molecule has 1 aromatic carbocycles. The van der Waals surface area contributed by atoms with Gasteiger partial charge in [0.1, 0.15) is 18.1 Å². The summed E-state index contributed by atoms with van der Waals surface area (Å²) < 4.78 is 75.0. The Bertz CT molecular complexity index is 1440. The Morgan fingerprint density at radius 2 is 1.95 bits per heavy atom. The second-order valence-corrected chi connectivity index (χ2v) is 11.1. The van der Waals surface area contributed by atoms with Crippen molar-refractivity contribution < 1.29 is 31.1 Å². The number of benzene rings is 1. The summed E-state index contributed by atoms with van der Waals surface area (Å²) in [5, 5.41) is 11.0. The quantitative estimate of drug-likeness (QED) is 0.203. The fourth-order valence-electron chi connectivity index (χ4n) is 3.54. The third-order valence-corrected chi connectivity index (χ3v) is 7.63. The van der Waals surface area contributed by atoms with Gasteiger partial charge in [-0.15, -0.1) is 0 Å². The van der Waals surface area contributed by atoms with E-state index in [2.05, 4.69) is 49.5 Å². The molecule has 0 aliphatic carbocycles. The highest BCUT2D eigenvalue weighted by Gasteiger charge is 2.36. The summed E-state index contributed by atoms with van der Waals surface area (Å²) in [4.78, 5) is 23.2. The third-order valence-electron chi connectivity index (χ3n) is 5.69. The van der Waals surface area contributed by atoms with E-state index >= 15 is 0 Å². The van der Waals surface area contributed by atoms with Gasteiger partial charge in [-0.1, -0.05) is 12.6 Å². The van der Waals surface area contributed by atoms with Gasteiger partial charge in [0.05, 0.1) is 19.4 Å². The molecule has 1 aliphatic heterocycles. The van der Waals surface area contributed by atoms with Gasteiger partial charge in [-0.3, -0.25) is 14.8 Å². The van der Waals surface area contributed by atoms with Crippen LogP contribution in [0.1, 0.15) is 0 Å². The molecule has 240 valence electrons. The number of carbonyl (C=O) groups excluding carboxylic acids is 1. The minimum atomic E-state index is -4.84. The van der Waals surface area contributed by atoms with E-state index < -0.39 is 33.7 Å². The fraction of sp³-hybridized carbons (Fsp3) is 0.333. The number of amides is 1. The van der Waals surface area contributed by atoms with Crippen LogP contribution in [0.4, 0.5) is 24.5 Å². The highest BCUT2D eigenvalue weighted by atomic mass is 32.2. The number of methoxy groups -OCH3 is 1. The van der Waals surface area contributed by atoms with E-state index in [9.17, 15) is 26.4 Å². The lowest BCUT2D eigenvalue weighted by Crippen LogP contribution is -2.44. The molecule has 1 aliphatic rings. The number of aliphatic imine (C=N–C) groups is 3. The van der Waals surface area contributed by atoms with Crippen LogP contribution in [0.25, 0.3) is 0 Å². The van der Waals surface area contributed by atoms with Crippen molar-refractivity contribution in [2.24, 2.45) is 15.0 Å². The number of allylic oxidation sites excluding steroid dienone is 3. The third kappa shape index (κ3) is 11.0. The highest BCUT2D eigenvalue weighted by molar-refractivity contribution is 7.86. The number of nitrogens with zero attached hydrogens (tertiary/aromatic N) is 5. The van der Waals surface area contributed by atoms with Gasteiger partial charge in [-0.2, -0.15) is 30.2 Å². The molecule has 0 unspecified atom stereocenters. The molecule has 0 aromatic heterocycles. The number of nitrogens with one attached hydrogen (secondary N) is 4. The molecule has 0 atom stereocenters. The summed E-state index contributed by atoms with van der Waals surface area (Å²) in [6.45, 7) is 6.96. The van der Waals surface area contributed by atoms with Crippen LogP contribution in [0.2, 0.25) is 0 Å². The van der Waals surface area contributed by atoms with Crippen LogP contribution < -0.4 is 21.3 Å². The van der Waals surface area contributed by atoms with E-state index in [4.69, 9.17) is 4.74 Å². The molecule has 0 saturated carbocycles. The summed E-state index contributed by atoms with van der Waals surface area (Å²) in [7, 11) is 0.552. The molecule has 0 fully saturated rings. The molecule has 13 nitrogen and oxygen atoms in total. The minimum Gasteiger partial charge on any atom is -0.481 e. The average Bonchev–Trinajstić information content (AvgIpc) is 2.96. The van der Waals surface area contributed by atoms with Crippen LogP contribution in [0.5, 0.6) is 0 Å². The number of carbonyl (C=O) groups is 1. The predicted molar refractivity (Wildman–Crippen MR) is 167 cm³/mol. The molecule has 17 heteroatoms. The van der Waals surface area contributed by atoms with Crippen LogP contribution >= 0.6 is 0 Å². The number of rotatable bonds is 12. The van der Waals surface area contributed by atoms with Crippen molar-refractivity contribution >= 4 is 46.6 Å². The van der Waals surface area contributed by atoms with Crippen molar-refractivity contribution in [3.8, 4) is 0 Å². The summed E-state index contributed by atoms with van der Waals surface area (Å²) in [6, 6.07) is 5.99. The van der Waals surface area contributed by atoms with Gasteiger partial charge in [0.2, 0.25) is 11.8 Å². The summed E-state index contributed by atoms with van der Waals surface area (Å²) >= 11 is 0. The Balaban J connectivity index is 2.27. The zero-order chi connectivity index (χ0) is 32.8. The van der Waals surface area contributed by atoms with E-state index in [0.29, 0.717) is 17.6 Å². The smallest absolute Gasteiger partial charge is 0.421 e. The molecule has 44 heavy (non-hydrogen) atoms. The van der Waals surface area contributed by atoms with Crippen LogP contribution in [-0.2, 0) is 19.7 Å². The lowest BCUT2D eigenvalue weighted by Gasteiger charge is -2.25. The first-order valence-corrected chi connectivity index (χ1v) is 14.4. The molecule has 0 radical (unpaired) electrons. The molecule has 0 spiro atoms. The van der Waals surface area contributed by atoms with E-state index in [1.807, 2.05) is 0 Å². The first-order chi connectivity index (χ1) is 20.8. The number of halogens is 3. The molecular formula is C27H36F3N9O4S. The number of ether oxygens (including phenoxy) is 1. The fourth-order valence-corrected chi connectivity index (χ4v) is 4.63. The van der Waals surface area contributed by atoms with Gasteiger partial charge in [0.25, 0.3) is 10.2 Å². The second-order valence-electron chi connectivity index (χ2n) is 8.94. The van der Waals surface area contributed by atoms with Crippen molar-refractivity contribution in [1.82, 2.24) is 19.2 Å². The molecule has 0 saturated heterocycles. The Morgan fingerprint density at radius 1 is 1.25 bits per heavy atom. The number of hydrogen-bond donors (Lipinski definition) is 4. The summed E-state index contributed by atoms with van der Waals surface area (Å²) in [5.74, 6) is -0.885. The maximum Gasteiger partial charge on any atom is 0.421 e. The Hall–Kier alpha value is -4.48. The maximum atomic E-state index is 14.0. The molecule has 1 amide bonds. The number of hydrogen-bond acceptors (Lipinski definition) is 10. The summed E-state index contributed by atoms with van der Waals surface area (Å²) in [6.07, 6.45) is 1.44. The van der Waals surface area contributed by atoms with Gasteiger partial charge in [0, 0.05) is 57.5 Å². The van der Waals surface area contributed by atoms with Gasteiger partial charge in [-0.25, -0.2) is 4.99 Å². The Kier molecular flexibility index (Phi) is 13.8. The molecule has 1 aromatic rings. The Morgan fingerprint density at radius 3 is 2.57 bits per heavy atom. The van der Waals surface area contributed by atoms with Gasteiger partial charge >= 0.3 is 6.18 Å². The first-order valence-electron chi connectivity index (χ1n) is 13.0. The largest absolute Gasteiger partial charge is 0.481 e. The molecule has 0 bridgehead atoms. The van der Waals surface area contributed by atoms with Gasteiger partial charge in [0.15, 0.2) is 0 Å². The monoisotopic (exact) mass is 639 g/mol. The van der Waals surface area contributed by atoms with Crippen molar-refractivity contribution in [1.29, 1.82) is 0 Å². The van der Waals surface area contributed by atoms with Gasteiger partial charge in [-0.05, 0) is 43.1 Å². The maximum absolute atomic E-state index is 14.0. The second kappa shape index (κ2) is 17.0. The average molecular weight is 640 g/mol. The van der Waals surface area contributed by atoms with E-state index in [-0.39, 0.29) is 44.4 Å². The van der Waals surface area contributed by atoms with Crippen molar-refractivity contribution in [3.63, 3.8) is 0 Å². The Labute approximate surface area is 254 Å². The standard InChI is InChI=1S/C27H36F3N9O4S/c1-6-24(40)36-20-9-7-10-21(17-20)37-25(31-2)22(27(28,29)30)18-33-19-35-23-11-8-12-32-13-15-39(44(41,42)38(3)4)16-14-34-26(23)43-5/h6-12,17-18,34-35,37H,1-2,13-16,19H2,3-5H3,(H,36,40)/b11-8?,25-22-,26-23?,32-12?,33-18?. The molecule has 2 rings (SSSR count). The normalized spacial score (nSPS) is 16.0. The van der Waals surface area contributed by atoms with Crippen LogP contribution in [0, 0.1) is 0 Å². The number of alkyl halides is 3. The van der Waals surface area contributed by atoms with E-state index in [0.717, 1.165) is 10.4 Å². The zero-order valence-electron chi connectivity index (χ0n) is 24.6. The first kappa shape index (κ1) is 35.7. The molecule has 1 heterocycles. The van der Waals surface area contributed by atoms with Crippen molar-refractivity contribution in [2.45, 2.75) is 6.18 Å². The lowest BCUT2D eigenvalue weighted by molar-refractivity contribution is -0.111. The van der Waals surface area contributed by atoms with Crippen LogP contribution in [0.15, 0.2) is 87.0 Å². The van der Waals surface area contributed by atoms with Crippen LogP contribution in [-0.4, -0.2) is 102 Å². The minimum absolute atomic E-state index is 0.103. The predicted octanol–water partition coefficient (Wildman–Crippen LogP) is 2.47. The van der Waals surface area contributed by atoms with Crippen molar-refractivity contribution in [3.05, 3.63) is 72.0 Å². The topological polar surface area (TPSA) is 152 Å². The van der Waals surface area contributed by atoms with Crippen LogP contribution in [0.3, 0.4) is 0 Å². The summed E-state index contributed by atoms with van der Waals surface area (Å²) in [5.41, 5.74) is -0.333.